The van der Waals surface area contributed by atoms with E-state index < -0.39 is 38.5 Å². The molecule has 2 saturated heterocycles. The van der Waals surface area contributed by atoms with Crippen molar-refractivity contribution in [1.29, 1.82) is 5.26 Å². The van der Waals surface area contributed by atoms with E-state index in [1.54, 1.807) is 4.57 Å². The Hall–Kier alpha value is -2.94. The van der Waals surface area contributed by atoms with E-state index in [0.29, 0.717) is 43.7 Å². The lowest BCUT2D eigenvalue weighted by atomic mass is 9.77. The summed E-state index contributed by atoms with van der Waals surface area (Å²) in [6, 6.07) is 6.69. The number of hydrogen-bond donors (Lipinski definition) is 1. The Kier molecular flexibility index (Phi) is 9.18. The van der Waals surface area contributed by atoms with Gasteiger partial charge in [-0.05, 0) is 74.1 Å². The molecule has 2 unspecified atom stereocenters. The molecule has 2 atom stereocenters. The van der Waals surface area contributed by atoms with Crippen molar-refractivity contribution >= 4 is 25.2 Å². The first-order chi connectivity index (χ1) is 20.8. The lowest BCUT2D eigenvalue weighted by molar-refractivity contribution is -0.160. The number of ether oxygens (including phenoxy) is 2. The normalized spacial score (nSPS) is 26.2. The maximum Gasteiger partial charge on any atom is 0.291 e. The number of allylic oxidation sites excluding steroid dienone is 2. The second-order valence-corrected chi connectivity index (χ2v) is 20.5. The molecule has 0 spiro atoms. The Labute approximate surface area is 260 Å². The molecule has 1 N–H and O–H groups in total. The number of fused-ring (bicyclic) bond motifs is 2. The highest BCUT2D eigenvalue weighted by molar-refractivity contribution is 6.76. The van der Waals surface area contributed by atoms with E-state index in [-0.39, 0.29) is 29.6 Å². The van der Waals surface area contributed by atoms with E-state index in [1.165, 1.54) is 6.20 Å². The van der Waals surface area contributed by atoms with Crippen LogP contribution in [0.25, 0.3) is 5.57 Å². The molecular weight excluding hydrogens is 580 g/mol. The van der Waals surface area contributed by atoms with Crippen LogP contribution in [0.5, 0.6) is 0 Å². The molecule has 0 radical (unpaired) electrons. The van der Waals surface area contributed by atoms with E-state index in [1.807, 2.05) is 18.2 Å². The summed E-state index contributed by atoms with van der Waals surface area (Å²) in [5, 5.41) is 12.5. The third-order valence-electron chi connectivity index (χ3n) is 9.37. The number of aromatic nitrogens is 3. The van der Waals surface area contributed by atoms with Crippen molar-refractivity contribution in [2.45, 2.75) is 108 Å². The summed E-state index contributed by atoms with van der Waals surface area (Å²) in [6.07, 6.45) is 8.25. The molecule has 5 rings (SSSR count). The Balaban J connectivity index is 1.43. The van der Waals surface area contributed by atoms with Crippen LogP contribution in [0.4, 0.5) is 14.5 Å². The molecule has 1 amide bonds. The van der Waals surface area contributed by atoms with Crippen molar-refractivity contribution in [3.05, 3.63) is 47.3 Å². The molecule has 2 aromatic rings. The van der Waals surface area contributed by atoms with Gasteiger partial charge in [-0.2, -0.15) is 5.26 Å². The number of rotatable bonds is 11. The second kappa shape index (κ2) is 12.5. The molecule has 2 fully saturated rings. The molecule has 3 aliphatic rings. The van der Waals surface area contributed by atoms with Crippen molar-refractivity contribution < 1.29 is 23.0 Å². The van der Waals surface area contributed by atoms with Crippen molar-refractivity contribution in [2.24, 2.45) is 5.41 Å². The van der Waals surface area contributed by atoms with Gasteiger partial charge in [0, 0.05) is 32.5 Å². The van der Waals surface area contributed by atoms with Crippen LogP contribution >= 0.6 is 0 Å². The number of carbonyl (C=O) groups is 1. The van der Waals surface area contributed by atoms with Crippen LogP contribution in [-0.4, -0.2) is 59.7 Å². The number of pyridine rings is 1. The summed E-state index contributed by atoms with van der Waals surface area (Å²) >= 11 is 0. The van der Waals surface area contributed by atoms with Gasteiger partial charge < -0.3 is 19.4 Å². The fourth-order valence-electron chi connectivity index (χ4n) is 6.59. The standard InChI is InChI=1S/C33H45F2N5O3Si/c1-31(2)10-8-23(9-11-31)28-27(7-6-26(38-28)24-16-32(20-34)12-13-33(17-24,21-35)43-32)39-30(41)29-37-25(18-36)19-40(29)22-42-14-15-44(3,4)5/h6-8,19,24H,9-17,20-22H2,1-5H3,(H,39,41). The average molecular weight is 626 g/mol. The molecule has 4 heterocycles. The highest BCUT2D eigenvalue weighted by Crippen LogP contribution is 2.53. The van der Waals surface area contributed by atoms with Crippen molar-refractivity contribution in [2.75, 3.05) is 25.3 Å². The Morgan fingerprint density at radius 1 is 1.16 bits per heavy atom. The van der Waals surface area contributed by atoms with Crippen molar-refractivity contribution in [1.82, 2.24) is 14.5 Å². The minimum atomic E-state index is -1.29. The summed E-state index contributed by atoms with van der Waals surface area (Å²) in [6.45, 7) is 10.7. The van der Waals surface area contributed by atoms with Crippen molar-refractivity contribution in [3.8, 4) is 6.07 Å². The van der Waals surface area contributed by atoms with Crippen LogP contribution in [0.15, 0.2) is 24.4 Å². The first-order valence-electron chi connectivity index (χ1n) is 15.7. The predicted molar refractivity (Wildman–Crippen MR) is 169 cm³/mol. The highest BCUT2D eigenvalue weighted by Gasteiger charge is 2.56. The maximum atomic E-state index is 14.2. The molecule has 1 aliphatic carbocycles. The molecule has 238 valence electrons. The summed E-state index contributed by atoms with van der Waals surface area (Å²) < 4.78 is 41.9. The summed E-state index contributed by atoms with van der Waals surface area (Å²) in [5.74, 6) is -0.545. The van der Waals surface area contributed by atoms with Crippen LogP contribution in [0.1, 0.15) is 92.4 Å². The molecule has 2 aromatic heterocycles. The lowest BCUT2D eigenvalue weighted by Gasteiger charge is -2.41. The molecule has 2 aliphatic heterocycles. The SMILES string of the molecule is CC1(C)CC=C(c2nc(C3CC4(CF)CCC(CF)(C3)O4)ccc2NC(=O)c2nc(C#N)cn2COCC[Si](C)(C)C)CC1. The number of imidazole rings is 1. The molecule has 0 saturated carbocycles. The van der Waals surface area contributed by atoms with Gasteiger partial charge >= 0.3 is 0 Å². The number of amides is 1. The van der Waals surface area contributed by atoms with Gasteiger partial charge in [-0.25, -0.2) is 13.8 Å². The first kappa shape index (κ1) is 32.5. The number of anilines is 1. The van der Waals surface area contributed by atoms with E-state index in [2.05, 4.69) is 49.9 Å². The van der Waals surface area contributed by atoms with Gasteiger partial charge in [-0.3, -0.25) is 9.78 Å². The van der Waals surface area contributed by atoms with Crippen LogP contribution in [0, 0.1) is 16.7 Å². The summed E-state index contributed by atoms with van der Waals surface area (Å²) in [7, 11) is -1.29. The fourth-order valence-corrected chi connectivity index (χ4v) is 7.35. The Bertz CT molecular complexity index is 1440. The number of hydrogen-bond acceptors (Lipinski definition) is 6. The number of carbonyl (C=O) groups excluding carboxylic acids is 1. The van der Waals surface area contributed by atoms with Crippen LogP contribution < -0.4 is 5.32 Å². The minimum Gasteiger partial charge on any atom is -0.363 e. The molecule has 11 heteroatoms. The third kappa shape index (κ3) is 7.13. The zero-order valence-corrected chi connectivity index (χ0v) is 27.6. The zero-order chi connectivity index (χ0) is 31.8. The number of halogens is 2. The number of nitriles is 1. The fraction of sp³-hybridized carbons (Fsp3) is 0.636. The Morgan fingerprint density at radius 2 is 1.86 bits per heavy atom. The van der Waals surface area contributed by atoms with Crippen LogP contribution in [-0.2, 0) is 16.2 Å². The van der Waals surface area contributed by atoms with E-state index in [4.69, 9.17) is 14.5 Å². The summed E-state index contributed by atoms with van der Waals surface area (Å²) in [4.78, 5) is 23.0. The quantitative estimate of drug-likeness (QED) is 0.206. The number of nitrogens with one attached hydrogen (secondary N) is 1. The largest absolute Gasteiger partial charge is 0.363 e. The predicted octanol–water partition coefficient (Wildman–Crippen LogP) is 7.41. The monoisotopic (exact) mass is 625 g/mol. The van der Waals surface area contributed by atoms with Gasteiger partial charge in [-0.1, -0.05) is 39.6 Å². The molecule has 0 aromatic carbocycles. The number of nitrogens with zero attached hydrogens (tertiary/aromatic N) is 4. The highest BCUT2D eigenvalue weighted by atomic mass is 28.3. The van der Waals surface area contributed by atoms with Crippen molar-refractivity contribution in [3.63, 3.8) is 0 Å². The average Bonchev–Trinajstić information content (AvgIpc) is 3.53. The van der Waals surface area contributed by atoms with Gasteiger partial charge in [0.15, 0.2) is 5.69 Å². The Morgan fingerprint density at radius 3 is 2.45 bits per heavy atom. The van der Waals surface area contributed by atoms with E-state index in [9.17, 15) is 18.8 Å². The molecular formula is C33H45F2N5O3Si. The first-order valence-corrected chi connectivity index (χ1v) is 19.4. The zero-order valence-electron chi connectivity index (χ0n) is 26.6. The van der Waals surface area contributed by atoms with Gasteiger partial charge in [-0.15, -0.1) is 0 Å². The summed E-state index contributed by atoms with van der Waals surface area (Å²) in [5.41, 5.74) is 1.36. The van der Waals surface area contributed by atoms with Crippen LogP contribution in [0.3, 0.4) is 0 Å². The number of alkyl halides is 2. The van der Waals surface area contributed by atoms with Gasteiger partial charge in [0.2, 0.25) is 5.82 Å². The lowest BCUT2D eigenvalue weighted by Crippen LogP contribution is -2.46. The maximum absolute atomic E-state index is 14.2. The van der Waals surface area contributed by atoms with Gasteiger partial charge in [0.1, 0.15) is 26.1 Å². The molecule has 8 nitrogen and oxygen atoms in total. The minimum absolute atomic E-state index is 0.0825. The van der Waals surface area contributed by atoms with Gasteiger partial charge in [0.05, 0.1) is 22.6 Å². The molecule has 44 heavy (non-hydrogen) atoms. The topological polar surface area (TPSA) is 102 Å². The molecule has 2 bridgehead atoms. The van der Waals surface area contributed by atoms with E-state index in [0.717, 1.165) is 36.6 Å². The third-order valence-corrected chi connectivity index (χ3v) is 11.1. The van der Waals surface area contributed by atoms with E-state index >= 15 is 0 Å². The second-order valence-electron chi connectivity index (χ2n) is 14.9. The smallest absolute Gasteiger partial charge is 0.291 e. The van der Waals surface area contributed by atoms with Gasteiger partial charge in [0.25, 0.3) is 5.91 Å². The van der Waals surface area contributed by atoms with Crippen LogP contribution in [0.2, 0.25) is 25.7 Å².